The molecule has 0 aromatic carbocycles. The number of rotatable bonds is 33. The van der Waals surface area contributed by atoms with Crippen LogP contribution < -0.4 is 0 Å². The third-order valence-corrected chi connectivity index (χ3v) is 9.12. The smallest absolute Gasteiger partial charge is 0.397 e. The zero-order valence-electron chi connectivity index (χ0n) is 32.8. The molecule has 1 aliphatic rings. The lowest BCUT2D eigenvalue weighted by Crippen LogP contribution is -2.60. The lowest BCUT2D eigenvalue weighted by atomic mass is 9.99. The van der Waals surface area contributed by atoms with Gasteiger partial charge >= 0.3 is 16.4 Å². The van der Waals surface area contributed by atoms with Gasteiger partial charge in [-0.15, -0.1) is 0 Å². The molecule has 4 N–H and O–H groups in total. The van der Waals surface area contributed by atoms with Crippen molar-refractivity contribution in [2.45, 2.75) is 166 Å². The minimum atomic E-state index is -5.06. The highest BCUT2D eigenvalue weighted by Gasteiger charge is 2.48. The first kappa shape index (κ1) is 49.8. The SMILES string of the molecule is CC/C=C\C/C=C\C/C=C\C/C=C\C/C=C\CCCCCC(=O)OC(COCCCCCCCCCC)COC1OC(CO)C(O)C(OS(=O)(=O)O)C1O. The van der Waals surface area contributed by atoms with E-state index in [9.17, 15) is 28.5 Å². The number of aliphatic hydroxyl groups is 3. The summed E-state index contributed by atoms with van der Waals surface area (Å²) in [6.07, 6.45) is 29.9. The van der Waals surface area contributed by atoms with Gasteiger partial charge in [0.15, 0.2) is 6.29 Å². The van der Waals surface area contributed by atoms with Gasteiger partial charge in [0.2, 0.25) is 0 Å². The van der Waals surface area contributed by atoms with Crippen molar-refractivity contribution in [3.63, 3.8) is 0 Å². The van der Waals surface area contributed by atoms with Gasteiger partial charge < -0.3 is 34.3 Å². The van der Waals surface area contributed by atoms with E-state index in [4.69, 9.17) is 23.5 Å². The number of aliphatic hydroxyl groups excluding tert-OH is 3. The molecule has 312 valence electrons. The number of hydrogen-bond acceptors (Lipinski definition) is 11. The van der Waals surface area contributed by atoms with E-state index in [0.717, 1.165) is 70.6 Å². The molecule has 1 heterocycles. The number of allylic oxidation sites excluding steroid dienone is 10. The summed E-state index contributed by atoms with van der Waals surface area (Å²) in [5.74, 6) is -0.435. The number of carbonyl (C=O) groups is 1. The van der Waals surface area contributed by atoms with E-state index in [1.165, 1.54) is 32.1 Å². The highest BCUT2D eigenvalue weighted by atomic mass is 32.3. The highest BCUT2D eigenvalue weighted by Crippen LogP contribution is 2.26. The van der Waals surface area contributed by atoms with Crippen LogP contribution in [0.2, 0.25) is 0 Å². The minimum Gasteiger partial charge on any atom is -0.457 e. The summed E-state index contributed by atoms with van der Waals surface area (Å²) < 4.78 is 58.7. The third-order valence-electron chi connectivity index (χ3n) is 8.65. The predicted octanol–water partition coefficient (Wildman–Crippen LogP) is 7.40. The molecule has 6 unspecified atom stereocenters. The van der Waals surface area contributed by atoms with Crippen molar-refractivity contribution in [3.8, 4) is 0 Å². The molecule has 54 heavy (non-hydrogen) atoms. The fourth-order valence-electron chi connectivity index (χ4n) is 5.64. The Balaban J connectivity index is 2.48. The summed E-state index contributed by atoms with van der Waals surface area (Å²) in [5.41, 5.74) is 0. The van der Waals surface area contributed by atoms with Crippen molar-refractivity contribution in [1.29, 1.82) is 0 Å². The molecule has 0 bridgehead atoms. The molecule has 0 aromatic heterocycles. The van der Waals surface area contributed by atoms with E-state index in [1.54, 1.807) is 0 Å². The summed E-state index contributed by atoms with van der Waals surface area (Å²) in [7, 11) is -5.06. The number of hydrogen-bond donors (Lipinski definition) is 4. The first-order chi connectivity index (χ1) is 26.1. The highest BCUT2D eigenvalue weighted by molar-refractivity contribution is 7.80. The average Bonchev–Trinajstić information content (AvgIpc) is 3.14. The van der Waals surface area contributed by atoms with Crippen LogP contribution in [0.1, 0.15) is 129 Å². The van der Waals surface area contributed by atoms with Gasteiger partial charge in [-0.2, -0.15) is 8.42 Å². The standard InChI is InChI=1S/C41H70O12S/c1-3-5-7-9-11-13-14-15-16-17-18-19-20-21-22-23-24-26-28-30-37(43)51-35(33-49-31-29-27-25-12-10-8-6-4-2)34-50-41-39(45)40(53-54(46,47)48)38(44)36(32-42)52-41/h5,7,11,13,15-16,18-19,21-22,35-36,38-42,44-45H,3-4,6,8-10,12,14,17,20,23-34H2,1-2H3,(H,46,47,48)/b7-5-,13-11-,16-15-,19-18-,22-21-. The Morgan fingerprint density at radius 1 is 0.722 bits per heavy atom. The van der Waals surface area contributed by atoms with E-state index in [-0.39, 0.29) is 19.6 Å². The number of esters is 1. The molecule has 6 atom stereocenters. The molecule has 0 spiro atoms. The Bertz CT molecular complexity index is 1180. The van der Waals surface area contributed by atoms with Crippen molar-refractivity contribution >= 4 is 16.4 Å². The molecular formula is C41H70O12S. The lowest BCUT2D eigenvalue weighted by molar-refractivity contribution is -0.301. The van der Waals surface area contributed by atoms with Crippen LogP contribution in [0.3, 0.4) is 0 Å². The summed E-state index contributed by atoms with van der Waals surface area (Å²) >= 11 is 0. The molecule has 0 aromatic rings. The van der Waals surface area contributed by atoms with E-state index < -0.39 is 59.8 Å². The maximum Gasteiger partial charge on any atom is 0.397 e. The van der Waals surface area contributed by atoms with Crippen LogP contribution in [0.15, 0.2) is 60.8 Å². The molecular weight excluding hydrogens is 717 g/mol. The fraction of sp³-hybridized carbons (Fsp3) is 0.732. The molecule has 0 amide bonds. The topological polar surface area (TPSA) is 178 Å². The Hall–Kier alpha value is -2.20. The summed E-state index contributed by atoms with van der Waals surface area (Å²) in [5, 5.41) is 30.5. The molecule has 12 nitrogen and oxygen atoms in total. The summed E-state index contributed by atoms with van der Waals surface area (Å²) in [4.78, 5) is 12.8. The van der Waals surface area contributed by atoms with Crippen LogP contribution >= 0.6 is 0 Å². The average molecular weight is 787 g/mol. The van der Waals surface area contributed by atoms with Crippen molar-refractivity contribution in [1.82, 2.24) is 0 Å². The zero-order chi connectivity index (χ0) is 39.7. The van der Waals surface area contributed by atoms with Gasteiger partial charge in [0.25, 0.3) is 0 Å². The van der Waals surface area contributed by atoms with Crippen LogP contribution in [0.25, 0.3) is 0 Å². The van der Waals surface area contributed by atoms with Crippen LogP contribution in [0.5, 0.6) is 0 Å². The number of ether oxygens (including phenoxy) is 4. The van der Waals surface area contributed by atoms with Crippen LogP contribution in [-0.2, 0) is 38.3 Å². The van der Waals surface area contributed by atoms with Gasteiger partial charge in [0, 0.05) is 13.0 Å². The van der Waals surface area contributed by atoms with Crippen molar-refractivity contribution in [2.24, 2.45) is 0 Å². The molecule has 1 aliphatic heterocycles. The van der Waals surface area contributed by atoms with E-state index >= 15 is 0 Å². The van der Waals surface area contributed by atoms with Crippen molar-refractivity contribution < 1.29 is 56.2 Å². The van der Waals surface area contributed by atoms with Gasteiger partial charge in [-0.25, -0.2) is 4.18 Å². The Labute approximate surface area is 325 Å². The quantitative estimate of drug-likeness (QED) is 0.0225. The van der Waals surface area contributed by atoms with Crippen LogP contribution in [0.4, 0.5) is 0 Å². The largest absolute Gasteiger partial charge is 0.457 e. The second-order valence-electron chi connectivity index (χ2n) is 13.5. The van der Waals surface area contributed by atoms with E-state index in [0.29, 0.717) is 13.0 Å². The molecule has 1 fully saturated rings. The Kier molecular flexibility index (Phi) is 30.4. The van der Waals surface area contributed by atoms with Gasteiger partial charge in [-0.3, -0.25) is 9.35 Å². The Morgan fingerprint density at radius 3 is 1.85 bits per heavy atom. The minimum absolute atomic E-state index is 0.0200. The maximum atomic E-state index is 12.8. The maximum absolute atomic E-state index is 12.8. The van der Waals surface area contributed by atoms with Crippen molar-refractivity contribution in [2.75, 3.05) is 26.4 Å². The number of unbranched alkanes of at least 4 members (excludes halogenated alkanes) is 10. The third kappa shape index (κ3) is 26.6. The first-order valence-corrected chi connectivity index (χ1v) is 21.4. The van der Waals surface area contributed by atoms with Gasteiger partial charge in [-0.05, 0) is 57.8 Å². The summed E-state index contributed by atoms with van der Waals surface area (Å²) in [6.45, 7) is 3.77. The molecule has 0 saturated carbocycles. The monoisotopic (exact) mass is 786 g/mol. The fourth-order valence-corrected chi connectivity index (χ4v) is 6.15. The van der Waals surface area contributed by atoms with Gasteiger partial charge in [0.1, 0.15) is 30.5 Å². The first-order valence-electron chi connectivity index (χ1n) is 20.0. The molecule has 13 heteroatoms. The normalized spacial score (nSPS) is 21.8. The van der Waals surface area contributed by atoms with Gasteiger partial charge in [0.05, 0.1) is 19.8 Å². The summed E-state index contributed by atoms with van der Waals surface area (Å²) in [6, 6.07) is 0. The molecule has 0 aliphatic carbocycles. The Morgan fingerprint density at radius 2 is 1.28 bits per heavy atom. The number of carbonyl (C=O) groups excluding carboxylic acids is 1. The van der Waals surface area contributed by atoms with E-state index in [2.05, 4.69) is 78.8 Å². The van der Waals surface area contributed by atoms with Crippen LogP contribution in [-0.4, -0.2) is 97.5 Å². The molecule has 1 rings (SSSR count). The molecule has 0 radical (unpaired) electrons. The zero-order valence-corrected chi connectivity index (χ0v) is 33.6. The van der Waals surface area contributed by atoms with E-state index in [1.807, 2.05) is 0 Å². The second kappa shape index (κ2) is 33.0. The second-order valence-corrected chi connectivity index (χ2v) is 14.5. The van der Waals surface area contributed by atoms with Crippen molar-refractivity contribution in [3.05, 3.63) is 60.8 Å². The van der Waals surface area contributed by atoms with Gasteiger partial charge in [-0.1, -0.05) is 126 Å². The molecule has 1 saturated heterocycles. The predicted molar refractivity (Wildman–Crippen MR) is 211 cm³/mol. The lowest BCUT2D eigenvalue weighted by Gasteiger charge is -2.41. The van der Waals surface area contributed by atoms with Crippen LogP contribution in [0, 0.1) is 0 Å².